The fraction of sp³-hybridized carbons (Fsp3) is 0.600. The molecular weight excluding hydrogens is 286 g/mol. The van der Waals surface area contributed by atoms with E-state index in [2.05, 4.69) is 28.3 Å². The van der Waals surface area contributed by atoms with Gasteiger partial charge in [-0.15, -0.1) is 11.3 Å². The minimum atomic E-state index is 0.313. The third-order valence-electron chi connectivity index (χ3n) is 3.54. The number of aromatic nitrogens is 2. The number of aryl methyl sites for hydroxylation is 1. The maximum Gasteiger partial charge on any atom is 0.138 e. The number of hydrogen-bond donors (Lipinski definition) is 1. The van der Waals surface area contributed by atoms with Gasteiger partial charge in [0, 0.05) is 24.6 Å². The summed E-state index contributed by atoms with van der Waals surface area (Å²) in [6, 6.07) is 2.14. The van der Waals surface area contributed by atoms with Crippen molar-refractivity contribution in [3.8, 4) is 0 Å². The Labute approximate surface area is 128 Å². The summed E-state index contributed by atoms with van der Waals surface area (Å²) in [6.45, 7) is 5.31. The normalized spacial score (nSPS) is 18.4. The van der Waals surface area contributed by atoms with Gasteiger partial charge in [-0.25, -0.2) is 9.97 Å². The summed E-state index contributed by atoms with van der Waals surface area (Å²) in [5.74, 6) is 0.920. The maximum atomic E-state index is 5.65. The second kappa shape index (κ2) is 7.15. The summed E-state index contributed by atoms with van der Waals surface area (Å²) in [6.07, 6.45) is 5.19. The summed E-state index contributed by atoms with van der Waals surface area (Å²) >= 11 is 1.70. The molecule has 2 aromatic rings. The van der Waals surface area contributed by atoms with Crippen molar-refractivity contribution < 1.29 is 9.47 Å². The average molecular weight is 307 g/mol. The molecule has 114 valence electrons. The monoisotopic (exact) mass is 307 g/mol. The minimum absolute atomic E-state index is 0.313. The van der Waals surface area contributed by atoms with E-state index in [1.54, 1.807) is 17.7 Å². The van der Waals surface area contributed by atoms with Crippen LogP contribution in [0.25, 0.3) is 10.2 Å². The van der Waals surface area contributed by atoms with Crippen molar-refractivity contribution >= 4 is 27.4 Å². The molecule has 0 saturated carbocycles. The van der Waals surface area contributed by atoms with Crippen LogP contribution >= 0.6 is 11.3 Å². The molecule has 3 heterocycles. The molecule has 1 aliphatic rings. The summed E-state index contributed by atoms with van der Waals surface area (Å²) < 4.78 is 11.2. The van der Waals surface area contributed by atoms with E-state index in [1.807, 2.05) is 0 Å². The molecular formula is C15H21N3O2S. The fourth-order valence-corrected chi connectivity index (χ4v) is 3.34. The molecule has 1 saturated heterocycles. The Morgan fingerprint density at radius 3 is 3.29 bits per heavy atom. The molecule has 1 atom stereocenters. The number of rotatable bonds is 7. The quantitative estimate of drug-likeness (QED) is 0.797. The molecule has 0 aliphatic carbocycles. The highest BCUT2D eigenvalue weighted by Crippen LogP contribution is 2.27. The summed E-state index contributed by atoms with van der Waals surface area (Å²) in [7, 11) is 0. The van der Waals surface area contributed by atoms with Crippen LogP contribution in [0.3, 0.4) is 0 Å². The van der Waals surface area contributed by atoms with Crippen LogP contribution < -0.4 is 5.32 Å². The van der Waals surface area contributed by atoms with Crippen LogP contribution in [0.15, 0.2) is 12.4 Å². The van der Waals surface area contributed by atoms with E-state index in [9.17, 15) is 0 Å². The second-order valence-corrected chi connectivity index (χ2v) is 6.52. The third kappa shape index (κ3) is 3.90. The highest BCUT2D eigenvalue weighted by atomic mass is 32.1. The first-order chi connectivity index (χ1) is 10.3. The molecule has 6 heteroatoms. The Morgan fingerprint density at radius 2 is 2.43 bits per heavy atom. The number of hydrogen-bond acceptors (Lipinski definition) is 6. The minimum Gasteiger partial charge on any atom is -0.379 e. The van der Waals surface area contributed by atoms with Gasteiger partial charge in [0.1, 0.15) is 17.0 Å². The van der Waals surface area contributed by atoms with Gasteiger partial charge in [-0.3, -0.25) is 0 Å². The topological polar surface area (TPSA) is 56.3 Å². The van der Waals surface area contributed by atoms with Crippen molar-refractivity contribution in [2.75, 3.05) is 31.7 Å². The molecule has 0 bridgehead atoms. The van der Waals surface area contributed by atoms with Crippen LogP contribution in [-0.4, -0.2) is 42.4 Å². The lowest BCUT2D eigenvalue weighted by Gasteiger charge is -2.10. The van der Waals surface area contributed by atoms with E-state index in [4.69, 9.17) is 9.47 Å². The van der Waals surface area contributed by atoms with Crippen LogP contribution in [0.1, 0.15) is 24.1 Å². The summed E-state index contributed by atoms with van der Waals surface area (Å²) in [5, 5.41) is 4.49. The third-order valence-corrected chi connectivity index (χ3v) is 4.50. The van der Waals surface area contributed by atoms with E-state index < -0.39 is 0 Å². The summed E-state index contributed by atoms with van der Waals surface area (Å²) in [5.41, 5.74) is 0. The predicted octanol–water partition coefficient (Wildman–Crippen LogP) is 3.00. The van der Waals surface area contributed by atoms with Gasteiger partial charge in [0.05, 0.1) is 18.1 Å². The van der Waals surface area contributed by atoms with Crippen LogP contribution in [0, 0.1) is 6.92 Å². The van der Waals surface area contributed by atoms with Crippen molar-refractivity contribution in [1.29, 1.82) is 0 Å². The zero-order valence-corrected chi connectivity index (χ0v) is 13.1. The molecule has 3 rings (SSSR count). The van der Waals surface area contributed by atoms with Crippen molar-refractivity contribution in [3.63, 3.8) is 0 Å². The van der Waals surface area contributed by atoms with Crippen molar-refractivity contribution in [1.82, 2.24) is 9.97 Å². The molecule has 0 radical (unpaired) electrons. The van der Waals surface area contributed by atoms with Gasteiger partial charge in [0.25, 0.3) is 0 Å². The van der Waals surface area contributed by atoms with E-state index in [0.29, 0.717) is 6.10 Å². The molecule has 21 heavy (non-hydrogen) atoms. The maximum absolute atomic E-state index is 5.65. The Morgan fingerprint density at radius 1 is 1.48 bits per heavy atom. The lowest BCUT2D eigenvalue weighted by Crippen LogP contribution is -2.15. The van der Waals surface area contributed by atoms with Gasteiger partial charge in [0.2, 0.25) is 0 Å². The summed E-state index contributed by atoms with van der Waals surface area (Å²) in [4.78, 5) is 10.9. The standard InChI is InChI=1S/C15H21N3O2S/c1-11-8-13-14(17-10-18-15(13)21-11)16-5-3-6-19-9-12-4-2-7-20-12/h8,10,12H,2-7,9H2,1H3,(H,16,17,18). The van der Waals surface area contributed by atoms with E-state index in [0.717, 1.165) is 55.2 Å². The van der Waals surface area contributed by atoms with E-state index >= 15 is 0 Å². The number of nitrogens with zero attached hydrogens (tertiary/aromatic N) is 2. The number of fused-ring (bicyclic) bond motifs is 1. The molecule has 0 aromatic carbocycles. The van der Waals surface area contributed by atoms with Gasteiger partial charge in [-0.1, -0.05) is 0 Å². The van der Waals surface area contributed by atoms with Gasteiger partial charge < -0.3 is 14.8 Å². The SMILES string of the molecule is Cc1cc2c(NCCCOCC3CCCO3)ncnc2s1. The molecule has 2 aromatic heterocycles. The number of nitrogens with one attached hydrogen (secondary N) is 1. The average Bonchev–Trinajstić information content (AvgIpc) is 3.11. The molecule has 0 spiro atoms. The van der Waals surface area contributed by atoms with Crippen molar-refractivity contribution in [2.45, 2.75) is 32.3 Å². The lowest BCUT2D eigenvalue weighted by atomic mass is 10.2. The first-order valence-corrected chi connectivity index (χ1v) is 8.29. The Balaban J connectivity index is 1.40. The number of thiophene rings is 1. The van der Waals surface area contributed by atoms with Crippen LogP contribution in [0.5, 0.6) is 0 Å². The van der Waals surface area contributed by atoms with E-state index in [-0.39, 0.29) is 0 Å². The zero-order valence-electron chi connectivity index (χ0n) is 12.3. The first kappa shape index (κ1) is 14.7. The highest BCUT2D eigenvalue weighted by molar-refractivity contribution is 7.18. The van der Waals surface area contributed by atoms with Crippen molar-refractivity contribution in [3.05, 3.63) is 17.3 Å². The Bertz CT molecular complexity index is 581. The predicted molar refractivity (Wildman–Crippen MR) is 85.1 cm³/mol. The van der Waals surface area contributed by atoms with Crippen LogP contribution in [0.4, 0.5) is 5.82 Å². The Kier molecular flexibility index (Phi) is 5.00. The van der Waals surface area contributed by atoms with Crippen LogP contribution in [0.2, 0.25) is 0 Å². The smallest absolute Gasteiger partial charge is 0.138 e. The number of anilines is 1. The molecule has 1 N–H and O–H groups in total. The van der Waals surface area contributed by atoms with Gasteiger partial charge >= 0.3 is 0 Å². The van der Waals surface area contributed by atoms with Crippen molar-refractivity contribution in [2.24, 2.45) is 0 Å². The molecule has 1 unspecified atom stereocenters. The van der Waals surface area contributed by atoms with Gasteiger partial charge in [-0.2, -0.15) is 0 Å². The second-order valence-electron chi connectivity index (χ2n) is 5.29. The molecule has 0 amide bonds. The largest absolute Gasteiger partial charge is 0.379 e. The fourth-order valence-electron chi connectivity index (χ4n) is 2.49. The molecule has 5 nitrogen and oxygen atoms in total. The zero-order chi connectivity index (χ0) is 14.5. The Hall–Kier alpha value is -1.24. The van der Waals surface area contributed by atoms with E-state index in [1.165, 1.54) is 11.3 Å². The molecule has 1 aliphatic heterocycles. The van der Waals surface area contributed by atoms with Gasteiger partial charge in [0.15, 0.2) is 0 Å². The first-order valence-electron chi connectivity index (χ1n) is 7.47. The number of ether oxygens (including phenoxy) is 2. The van der Waals surface area contributed by atoms with Crippen LogP contribution in [-0.2, 0) is 9.47 Å². The molecule has 1 fully saturated rings. The van der Waals surface area contributed by atoms with Gasteiger partial charge in [-0.05, 0) is 32.3 Å². The lowest BCUT2D eigenvalue weighted by molar-refractivity contribution is 0.0172. The highest BCUT2D eigenvalue weighted by Gasteiger charge is 2.14.